The number of carbonyl (C=O) groups excluding carboxylic acids is 2. The number of hydrogen-bond acceptors (Lipinski definition) is 4. The summed E-state index contributed by atoms with van der Waals surface area (Å²) in [6.45, 7) is 0.127. The third-order valence-corrected chi connectivity index (χ3v) is 2.49. The summed E-state index contributed by atoms with van der Waals surface area (Å²) in [4.78, 5) is 23.3. The number of halogens is 1. The van der Waals surface area contributed by atoms with Crippen LogP contribution in [0.4, 0.5) is 5.69 Å². The summed E-state index contributed by atoms with van der Waals surface area (Å²) in [6.07, 6.45) is 0. The van der Waals surface area contributed by atoms with Crippen LogP contribution in [0.15, 0.2) is 18.2 Å². The Morgan fingerprint density at radius 3 is 2.22 bits per heavy atom. The largest absolute Gasteiger partial charge is 0.398 e. The molecule has 0 bridgehead atoms. The van der Waals surface area contributed by atoms with Gasteiger partial charge in [0, 0.05) is 17.3 Å². The van der Waals surface area contributed by atoms with Crippen LogP contribution in [-0.2, 0) is 16.1 Å². The van der Waals surface area contributed by atoms with E-state index in [9.17, 15) is 9.59 Å². The number of rotatable bonds is 6. The molecule has 0 radical (unpaired) electrons. The van der Waals surface area contributed by atoms with E-state index >= 15 is 0 Å². The lowest BCUT2D eigenvalue weighted by Gasteiger charge is -2.20. The van der Waals surface area contributed by atoms with Crippen LogP contribution in [0.3, 0.4) is 0 Å². The highest BCUT2D eigenvalue weighted by molar-refractivity contribution is 6.30. The Hall–Kier alpha value is -1.79. The molecule has 0 aliphatic rings. The minimum atomic E-state index is -0.545. The van der Waals surface area contributed by atoms with Crippen LogP contribution in [0.1, 0.15) is 5.56 Å². The molecule has 0 fully saturated rings. The van der Waals surface area contributed by atoms with E-state index in [2.05, 4.69) is 0 Å². The molecule has 0 spiro atoms. The zero-order valence-corrected chi connectivity index (χ0v) is 10.5. The average molecular weight is 271 g/mol. The molecule has 1 rings (SSSR count). The van der Waals surface area contributed by atoms with Crippen LogP contribution in [0.5, 0.6) is 0 Å². The summed E-state index contributed by atoms with van der Waals surface area (Å²) >= 11 is 5.85. The lowest BCUT2D eigenvalue weighted by Crippen LogP contribution is -2.39. The fourth-order valence-corrected chi connectivity index (χ4v) is 1.76. The number of nitrogens with zero attached hydrogens (tertiary/aromatic N) is 1. The van der Waals surface area contributed by atoms with Gasteiger partial charge in [-0.15, -0.1) is 0 Å². The molecule has 98 valence electrons. The molecule has 6 nitrogen and oxygen atoms in total. The summed E-state index contributed by atoms with van der Waals surface area (Å²) in [5.41, 5.74) is 17.2. The second-order valence-electron chi connectivity index (χ2n) is 3.92. The maximum atomic E-state index is 10.9. The Kier molecular flexibility index (Phi) is 4.94. The fraction of sp³-hybridized carbons (Fsp3) is 0.273. The van der Waals surface area contributed by atoms with E-state index in [1.54, 1.807) is 18.2 Å². The van der Waals surface area contributed by atoms with Gasteiger partial charge in [0.25, 0.3) is 0 Å². The predicted octanol–water partition coefficient (Wildman–Crippen LogP) is -0.305. The standard InChI is InChI=1S/C11H15ClN4O2/c12-8-1-2-9(13)7(3-8)4-16(5-10(14)17)6-11(15)18/h1-3H,4-6,13H2,(H2,14,17)(H2,15,18). The number of anilines is 1. The highest BCUT2D eigenvalue weighted by Gasteiger charge is 2.13. The fourth-order valence-electron chi connectivity index (χ4n) is 1.56. The summed E-state index contributed by atoms with van der Waals surface area (Å²) in [5, 5.41) is 0.525. The van der Waals surface area contributed by atoms with Crippen LogP contribution >= 0.6 is 11.6 Å². The molecule has 1 aromatic carbocycles. The van der Waals surface area contributed by atoms with Crippen molar-refractivity contribution in [1.29, 1.82) is 0 Å². The first kappa shape index (κ1) is 14.3. The van der Waals surface area contributed by atoms with Crippen molar-refractivity contribution in [3.8, 4) is 0 Å². The quantitative estimate of drug-likeness (QED) is 0.615. The van der Waals surface area contributed by atoms with Crippen molar-refractivity contribution in [2.45, 2.75) is 6.54 Å². The van der Waals surface area contributed by atoms with Gasteiger partial charge in [0.05, 0.1) is 13.1 Å². The number of nitrogens with two attached hydrogens (primary N) is 3. The Morgan fingerprint density at radius 2 is 1.72 bits per heavy atom. The Labute approximate surface area is 110 Å². The summed E-state index contributed by atoms with van der Waals surface area (Å²) < 4.78 is 0. The Bertz CT molecular complexity index is 448. The Balaban J connectivity index is 2.84. The molecule has 18 heavy (non-hydrogen) atoms. The molecule has 1 aromatic rings. The highest BCUT2D eigenvalue weighted by atomic mass is 35.5. The second-order valence-corrected chi connectivity index (χ2v) is 4.36. The van der Waals surface area contributed by atoms with Crippen molar-refractivity contribution in [1.82, 2.24) is 4.90 Å². The predicted molar refractivity (Wildman–Crippen MR) is 69.5 cm³/mol. The number of hydrogen-bond donors (Lipinski definition) is 3. The van der Waals surface area contributed by atoms with E-state index in [1.165, 1.54) is 4.90 Å². The zero-order chi connectivity index (χ0) is 13.7. The molecule has 0 aliphatic heterocycles. The lowest BCUT2D eigenvalue weighted by molar-refractivity contribution is -0.122. The van der Waals surface area contributed by atoms with Gasteiger partial charge in [-0.1, -0.05) is 11.6 Å². The molecule has 0 unspecified atom stereocenters. The third kappa shape index (κ3) is 4.60. The monoisotopic (exact) mass is 270 g/mol. The molecular weight excluding hydrogens is 256 g/mol. The number of nitrogen functional groups attached to an aromatic ring is 1. The number of carbonyl (C=O) groups is 2. The van der Waals surface area contributed by atoms with Gasteiger partial charge in [0.15, 0.2) is 0 Å². The first-order valence-corrected chi connectivity index (χ1v) is 5.59. The van der Waals surface area contributed by atoms with Gasteiger partial charge in [-0.3, -0.25) is 14.5 Å². The van der Waals surface area contributed by atoms with Crippen molar-refractivity contribution in [2.75, 3.05) is 18.8 Å². The molecule has 0 atom stereocenters. The topological polar surface area (TPSA) is 115 Å². The zero-order valence-electron chi connectivity index (χ0n) is 9.73. The van der Waals surface area contributed by atoms with Crippen molar-refractivity contribution >= 4 is 29.1 Å². The van der Waals surface area contributed by atoms with E-state index in [4.69, 9.17) is 28.8 Å². The van der Waals surface area contributed by atoms with E-state index in [1.807, 2.05) is 0 Å². The molecule has 2 amide bonds. The van der Waals surface area contributed by atoms with Crippen molar-refractivity contribution in [3.05, 3.63) is 28.8 Å². The first-order chi connectivity index (χ1) is 8.38. The first-order valence-electron chi connectivity index (χ1n) is 5.21. The van der Waals surface area contributed by atoms with Crippen molar-refractivity contribution in [3.63, 3.8) is 0 Å². The van der Waals surface area contributed by atoms with E-state index in [0.29, 0.717) is 16.3 Å². The van der Waals surface area contributed by atoms with Gasteiger partial charge >= 0.3 is 0 Å². The molecule has 0 aromatic heterocycles. The van der Waals surface area contributed by atoms with Gasteiger partial charge < -0.3 is 17.2 Å². The smallest absolute Gasteiger partial charge is 0.231 e. The van der Waals surface area contributed by atoms with E-state index in [0.717, 1.165) is 0 Å². The minimum absolute atomic E-state index is 0.0745. The van der Waals surface area contributed by atoms with E-state index in [-0.39, 0.29) is 19.6 Å². The second kappa shape index (κ2) is 6.23. The minimum Gasteiger partial charge on any atom is -0.398 e. The molecule has 7 heteroatoms. The van der Waals surface area contributed by atoms with Crippen LogP contribution in [0, 0.1) is 0 Å². The summed E-state index contributed by atoms with van der Waals surface area (Å²) in [5.74, 6) is -1.09. The van der Waals surface area contributed by atoms with Gasteiger partial charge in [-0.05, 0) is 23.8 Å². The van der Waals surface area contributed by atoms with Crippen LogP contribution in [-0.4, -0.2) is 29.8 Å². The van der Waals surface area contributed by atoms with Crippen molar-refractivity contribution in [2.24, 2.45) is 11.5 Å². The molecule has 0 saturated carbocycles. The SMILES string of the molecule is NC(=O)CN(CC(N)=O)Cc1cc(Cl)ccc1N. The Morgan fingerprint density at radius 1 is 1.17 bits per heavy atom. The molecular formula is C11H15ClN4O2. The van der Waals surface area contributed by atoms with Gasteiger partial charge in [-0.25, -0.2) is 0 Å². The number of amides is 2. The average Bonchev–Trinajstić information content (AvgIpc) is 2.21. The normalized spacial score (nSPS) is 10.6. The van der Waals surface area contributed by atoms with Gasteiger partial charge in [0.2, 0.25) is 11.8 Å². The maximum Gasteiger partial charge on any atom is 0.231 e. The third-order valence-electron chi connectivity index (χ3n) is 2.26. The lowest BCUT2D eigenvalue weighted by atomic mass is 10.1. The number of benzene rings is 1. The number of primary amides is 2. The molecule has 0 heterocycles. The summed E-state index contributed by atoms with van der Waals surface area (Å²) in [6, 6.07) is 4.99. The van der Waals surface area contributed by atoms with Gasteiger partial charge in [0.1, 0.15) is 0 Å². The van der Waals surface area contributed by atoms with E-state index < -0.39 is 11.8 Å². The molecule has 0 saturated heterocycles. The maximum absolute atomic E-state index is 10.9. The van der Waals surface area contributed by atoms with Crippen molar-refractivity contribution < 1.29 is 9.59 Å². The van der Waals surface area contributed by atoms with Crippen LogP contribution in [0.2, 0.25) is 5.02 Å². The highest BCUT2D eigenvalue weighted by Crippen LogP contribution is 2.19. The molecule has 6 N–H and O–H groups in total. The van der Waals surface area contributed by atoms with Crippen LogP contribution < -0.4 is 17.2 Å². The van der Waals surface area contributed by atoms with Gasteiger partial charge in [-0.2, -0.15) is 0 Å². The van der Waals surface area contributed by atoms with Crippen LogP contribution in [0.25, 0.3) is 0 Å². The summed E-state index contributed by atoms with van der Waals surface area (Å²) in [7, 11) is 0. The molecule has 0 aliphatic carbocycles.